The summed E-state index contributed by atoms with van der Waals surface area (Å²) in [5, 5.41) is 9.34. The molecule has 0 fully saturated rings. The average Bonchev–Trinajstić information content (AvgIpc) is 2.17. The van der Waals surface area contributed by atoms with Crippen molar-refractivity contribution < 1.29 is 14.2 Å². The zero-order valence-electron chi connectivity index (χ0n) is 5.81. The fourth-order valence-electron chi connectivity index (χ4n) is 0.859. The van der Waals surface area contributed by atoms with Crippen LogP contribution in [-0.2, 0) is 8.98 Å². The molecule has 1 atom stereocenters. The Hall–Kier alpha value is -0.615. The van der Waals surface area contributed by atoms with Crippen LogP contribution in [0.2, 0.25) is 0 Å². The lowest BCUT2D eigenvalue weighted by atomic mass is 9.95. The lowest BCUT2D eigenvalue weighted by molar-refractivity contribution is -0.158. The van der Waals surface area contributed by atoms with E-state index in [1.54, 1.807) is 0 Å². The normalized spacial score (nSPS) is 24.8. The van der Waals surface area contributed by atoms with Crippen LogP contribution in [0.3, 0.4) is 0 Å². The van der Waals surface area contributed by atoms with Crippen molar-refractivity contribution in [3.05, 3.63) is 11.3 Å². The van der Waals surface area contributed by atoms with Crippen molar-refractivity contribution in [3.8, 4) is 0 Å². The maximum Gasteiger partial charge on any atom is 0.276 e. The highest BCUT2D eigenvalue weighted by molar-refractivity contribution is 7.75. The molecule has 0 saturated heterocycles. The van der Waals surface area contributed by atoms with Gasteiger partial charge in [-0.2, -0.15) is 0 Å². The van der Waals surface area contributed by atoms with Crippen molar-refractivity contribution in [2.45, 2.75) is 12.9 Å². The van der Waals surface area contributed by atoms with Crippen LogP contribution in [-0.4, -0.2) is 30.0 Å². The summed E-state index contributed by atoms with van der Waals surface area (Å²) in [6.45, 7) is 1.50. The smallest absolute Gasteiger partial charge is 0.276 e. The van der Waals surface area contributed by atoms with E-state index in [0.717, 1.165) is 0 Å². The molecule has 11 heavy (non-hydrogen) atoms. The minimum atomic E-state index is -0.931. The van der Waals surface area contributed by atoms with Crippen molar-refractivity contribution >= 4 is 26.7 Å². The summed E-state index contributed by atoms with van der Waals surface area (Å²) in [6, 6.07) is 0. The fraction of sp³-hybridized carbons (Fsp3) is 0.400. The standard InChI is InChI=1S/C5H6BNO3S/c1-2-3(10-11)4(6)7(9)5(2)8/h4,9,11H,1H3. The molecule has 0 aliphatic carbocycles. The van der Waals surface area contributed by atoms with Gasteiger partial charge in [0.25, 0.3) is 5.91 Å². The van der Waals surface area contributed by atoms with E-state index in [1.165, 1.54) is 6.92 Å². The minimum absolute atomic E-state index is 0.181. The van der Waals surface area contributed by atoms with E-state index in [2.05, 4.69) is 17.1 Å². The molecule has 1 N–H and O–H groups in total. The van der Waals surface area contributed by atoms with Crippen molar-refractivity contribution in [3.63, 3.8) is 0 Å². The third-order valence-electron chi connectivity index (χ3n) is 1.53. The number of thiol groups is 1. The second-order valence-electron chi connectivity index (χ2n) is 2.18. The Bertz CT molecular complexity index is 230. The molecule has 1 rings (SSSR count). The second kappa shape index (κ2) is 2.79. The van der Waals surface area contributed by atoms with Crippen molar-refractivity contribution in [1.82, 2.24) is 5.06 Å². The minimum Gasteiger partial charge on any atom is -0.431 e. The van der Waals surface area contributed by atoms with E-state index in [0.29, 0.717) is 5.06 Å². The summed E-state index contributed by atoms with van der Waals surface area (Å²) in [6.07, 6.45) is 0. The van der Waals surface area contributed by atoms with Gasteiger partial charge in [0.15, 0.2) is 0 Å². The third kappa shape index (κ3) is 1.12. The van der Waals surface area contributed by atoms with Gasteiger partial charge in [0.05, 0.1) is 11.5 Å². The van der Waals surface area contributed by atoms with E-state index in [4.69, 9.17) is 13.1 Å². The molecule has 1 aliphatic rings. The maximum absolute atomic E-state index is 10.9. The highest BCUT2D eigenvalue weighted by atomic mass is 32.1. The van der Waals surface area contributed by atoms with Gasteiger partial charge in [-0.25, -0.2) is 5.06 Å². The summed E-state index contributed by atoms with van der Waals surface area (Å²) in [7, 11) is 5.34. The van der Waals surface area contributed by atoms with Gasteiger partial charge in [-0.05, 0) is 6.92 Å². The second-order valence-corrected chi connectivity index (χ2v) is 2.36. The molecular weight excluding hydrogens is 165 g/mol. The predicted molar refractivity (Wildman–Crippen MR) is 40.9 cm³/mol. The fourth-order valence-corrected chi connectivity index (χ4v) is 1.10. The van der Waals surface area contributed by atoms with Gasteiger partial charge >= 0.3 is 0 Å². The molecule has 0 aromatic rings. The number of hydrogen-bond donors (Lipinski definition) is 2. The lowest BCUT2D eigenvalue weighted by Gasteiger charge is -2.14. The van der Waals surface area contributed by atoms with Crippen LogP contribution in [0.25, 0.3) is 0 Å². The molecule has 0 bridgehead atoms. The van der Waals surface area contributed by atoms with Crippen LogP contribution in [0.5, 0.6) is 0 Å². The number of hydrogen-bond acceptors (Lipinski definition) is 4. The summed E-state index contributed by atoms with van der Waals surface area (Å²) >= 11 is 3.49. The van der Waals surface area contributed by atoms with Crippen LogP contribution < -0.4 is 0 Å². The van der Waals surface area contributed by atoms with Gasteiger partial charge in [-0.15, -0.1) is 0 Å². The molecule has 4 nitrogen and oxygen atoms in total. The lowest BCUT2D eigenvalue weighted by Crippen LogP contribution is -2.32. The van der Waals surface area contributed by atoms with Crippen molar-refractivity contribution in [2.24, 2.45) is 0 Å². The number of amides is 1. The monoisotopic (exact) mass is 171 g/mol. The Balaban J connectivity index is 2.98. The topological polar surface area (TPSA) is 49.8 Å². The van der Waals surface area contributed by atoms with E-state index in [9.17, 15) is 4.79 Å². The Kier molecular flexibility index (Phi) is 2.15. The molecule has 1 heterocycles. The summed E-state index contributed by atoms with van der Waals surface area (Å²) in [4.78, 5) is 10.9. The van der Waals surface area contributed by atoms with Gasteiger partial charge in [0.2, 0.25) is 0 Å². The quantitative estimate of drug-likeness (QED) is 0.249. The Morgan fingerprint density at radius 2 is 2.36 bits per heavy atom. The molecule has 6 heteroatoms. The number of hydroxylamine groups is 2. The SMILES string of the molecule is [B]C1C(OS)=C(C)C(=O)N1O. The van der Waals surface area contributed by atoms with E-state index in [1.807, 2.05) is 0 Å². The summed E-state index contributed by atoms with van der Waals surface area (Å²) < 4.78 is 4.50. The third-order valence-corrected chi connectivity index (χ3v) is 1.73. The van der Waals surface area contributed by atoms with E-state index < -0.39 is 11.8 Å². The van der Waals surface area contributed by atoms with Crippen LogP contribution in [0.15, 0.2) is 11.3 Å². The van der Waals surface area contributed by atoms with Gasteiger partial charge in [-0.3, -0.25) is 10.0 Å². The van der Waals surface area contributed by atoms with Gasteiger partial charge in [0.1, 0.15) is 13.6 Å². The van der Waals surface area contributed by atoms with Crippen molar-refractivity contribution in [2.75, 3.05) is 0 Å². The Morgan fingerprint density at radius 3 is 2.55 bits per heavy atom. The molecule has 2 radical (unpaired) electrons. The molecule has 1 aliphatic heterocycles. The van der Waals surface area contributed by atoms with Crippen LogP contribution >= 0.6 is 12.9 Å². The number of carbonyl (C=O) groups is 1. The molecular formula is C5H6BNO3S. The first-order chi connectivity index (χ1) is 5.09. The van der Waals surface area contributed by atoms with Gasteiger partial charge < -0.3 is 4.18 Å². The van der Waals surface area contributed by atoms with Crippen LogP contribution in [0.1, 0.15) is 6.92 Å². The summed E-state index contributed by atoms with van der Waals surface area (Å²) in [5.74, 6) is -1.30. The highest BCUT2D eigenvalue weighted by Crippen LogP contribution is 2.23. The molecule has 0 aromatic carbocycles. The van der Waals surface area contributed by atoms with Gasteiger partial charge in [-0.1, -0.05) is 0 Å². The van der Waals surface area contributed by atoms with Crippen molar-refractivity contribution in [1.29, 1.82) is 0 Å². The van der Waals surface area contributed by atoms with Crippen LogP contribution in [0.4, 0.5) is 0 Å². The van der Waals surface area contributed by atoms with Crippen LogP contribution in [0, 0.1) is 0 Å². The number of carbonyl (C=O) groups excluding carboxylic acids is 1. The number of nitrogens with zero attached hydrogens (tertiary/aromatic N) is 1. The number of rotatable bonds is 1. The average molecular weight is 171 g/mol. The summed E-state index contributed by atoms with van der Waals surface area (Å²) in [5.41, 5.74) is 0.273. The van der Waals surface area contributed by atoms with Gasteiger partial charge in [0, 0.05) is 12.9 Å². The largest absolute Gasteiger partial charge is 0.431 e. The van der Waals surface area contributed by atoms with E-state index >= 15 is 0 Å². The Morgan fingerprint density at radius 1 is 1.82 bits per heavy atom. The molecule has 1 amide bonds. The zero-order valence-corrected chi connectivity index (χ0v) is 6.71. The molecule has 0 spiro atoms. The zero-order chi connectivity index (χ0) is 8.59. The molecule has 0 saturated carbocycles. The molecule has 58 valence electrons. The maximum atomic E-state index is 10.9. The molecule has 0 aromatic heterocycles. The first kappa shape index (κ1) is 8.48. The predicted octanol–water partition coefficient (Wildman–Crippen LogP) is -0.152. The Labute approximate surface area is 70.8 Å². The molecule has 1 unspecified atom stereocenters. The first-order valence-corrected chi connectivity index (χ1v) is 3.26. The highest BCUT2D eigenvalue weighted by Gasteiger charge is 2.34. The first-order valence-electron chi connectivity index (χ1n) is 2.89. The van der Waals surface area contributed by atoms with E-state index in [-0.39, 0.29) is 11.3 Å².